The highest BCUT2D eigenvalue weighted by Gasteiger charge is 2.27. The van der Waals surface area contributed by atoms with Crippen LogP contribution >= 0.6 is 39.5 Å². The molecular formula is C17H21Br2N4O8P. The van der Waals surface area contributed by atoms with Crippen LogP contribution in [0, 0.1) is 20.2 Å². The third-order valence-electron chi connectivity index (χ3n) is 3.98. The SMILES string of the molecule is C[C@@H](OP(=O)(NCCBr)NCCBr)c1ccc(OCc2ccc([N+](=O)[O-])o2)c([N+](=O)[O-])c1. The Hall–Kier alpha value is -1.83. The van der Waals surface area contributed by atoms with Gasteiger partial charge in [0.25, 0.3) is 0 Å². The van der Waals surface area contributed by atoms with E-state index in [0.29, 0.717) is 29.3 Å². The molecule has 2 aromatic rings. The topological polar surface area (TPSA) is 159 Å². The molecular weight excluding hydrogens is 579 g/mol. The van der Waals surface area contributed by atoms with E-state index in [4.69, 9.17) is 13.7 Å². The monoisotopic (exact) mass is 598 g/mol. The molecule has 0 aliphatic rings. The molecule has 12 nitrogen and oxygen atoms in total. The molecule has 2 rings (SSSR count). The second-order valence-electron chi connectivity index (χ2n) is 6.26. The molecule has 0 saturated heterocycles. The summed E-state index contributed by atoms with van der Waals surface area (Å²) in [6, 6.07) is 6.72. The van der Waals surface area contributed by atoms with Gasteiger partial charge in [-0.1, -0.05) is 37.9 Å². The van der Waals surface area contributed by atoms with E-state index >= 15 is 0 Å². The van der Waals surface area contributed by atoms with E-state index in [2.05, 4.69) is 42.0 Å². The second-order valence-corrected chi connectivity index (χ2v) is 9.80. The normalized spacial score (nSPS) is 12.5. The highest BCUT2D eigenvalue weighted by atomic mass is 79.9. The summed E-state index contributed by atoms with van der Waals surface area (Å²) in [5, 5.41) is 29.0. The summed E-state index contributed by atoms with van der Waals surface area (Å²) < 4.78 is 29.1. The molecule has 0 radical (unpaired) electrons. The van der Waals surface area contributed by atoms with Crippen LogP contribution in [0.15, 0.2) is 34.7 Å². The number of nitro groups is 2. The third-order valence-corrected chi connectivity index (χ3v) is 6.67. The van der Waals surface area contributed by atoms with Crippen LogP contribution in [0.1, 0.15) is 24.4 Å². The van der Waals surface area contributed by atoms with Crippen molar-refractivity contribution in [3.63, 3.8) is 0 Å². The molecule has 0 spiro atoms. The zero-order chi connectivity index (χ0) is 23.7. The van der Waals surface area contributed by atoms with Crippen molar-refractivity contribution < 1.29 is 28.1 Å². The number of nitrogens with zero attached hydrogens (tertiary/aromatic N) is 2. The number of rotatable bonds is 14. The fraction of sp³-hybridized carbons (Fsp3) is 0.412. The molecule has 15 heteroatoms. The van der Waals surface area contributed by atoms with Crippen molar-refractivity contribution in [2.24, 2.45) is 0 Å². The van der Waals surface area contributed by atoms with Gasteiger partial charge >= 0.3 is 19.2 Å². The minimum Gasteiger partial charge on any atom is -0.479 e. The first-order valence-corrected chi connectivity index (χ1v) is 13.1. The standard InChI is InChI=1S/C17H21Br2N4O8P/c1-12(31-32(28,20-8-6-18)21-9-7-19)13-2-4-16(15(10-13)22(24)25)29-11-14-3-5-17(30-14)23(26)27/h2-5,10,12H,6-9,11H2,1H3,(H2,20,21,28)/t12-/m1/s1. The maximum atomic E-state index is 13.0. The maximum absolute atomic E-state index is 13.0. The lowest BCUT2D eigenvalue weighted by Crippen LogP contribution is -2.27. The summed E-state index contributed by atoms with van der Waals surface area (Å²) in [6.45, 7) is 2.16. The Bertz CT molecular complexity index is 977. The van der Waals surface area contributed by atoms with Crippen LogP contribution in [0.25, 0.3) is 0 Å². The summed E-state index contributed by atoms with van der Waals surface area (Å²) in [5.74, 6) is -0.364. The Morgan fingerprint density at radius 1 is 1.09 bits per heavy atom. The van der Waals surface area contributed by atoms with E-state index in [1.54, 1.807) is 13.0 Å². The molecule has 0 saturated carbocycles. The van der Waals surface area contributed by atoms with Crippen molar-refractivity contribution in [1.29, 1.82) is 0 Å². The van der Waals surface area contributed by atoms with Crippen molar-refractivity contribution in [2.75, 3.05) is 23.7 Å². The highest BCUT2D eigenvalue weighted by molar-refractivity contribution is 9.09. The average molecular weight is 600 g/mol. The van der Waals surface area contributed by atoms with Crippen LogP contribution in [0.3, 0.4) is 0 Å². The molecule has 0 aliphatic heterocycles. The average Bonchev–Trinajstić information content (AvgIpc) is 3.24. The molecule has 176 valence electrons. The predicted molar refractivity (Wildman–Crippen MR) is 123 cm³/mol. The Morgan fingerprint density at radius 2 is 1.75 bits per heavy atom. The molecule has 1 aromatic heterocycles. The summed E-state index contributed by atoms with van der Waals surface area (Å²) in [7, 11) is -3.41. The first-order valence-electron chi connectivity index (χ1n) is 9.24. The number of nitro benzene ring substituents is 1. The lowest BCUT2D eigenvalue weighted by molar-refractivity contribution is -0.402. The minimum absolute atomic E-state index is 0.0528. The van der Waals surface area contributed by atoms with Crippen LogP contribution in [-0.4, -0.2) is 33.6 Å². The quantitative estimate of drug-likeness (QED) is 0.133. The summed E-state index contributed by atoms with van der Waals surface area (Å²) in [6.07, 6.45) is -0.744. The Labute approximate surface area is 200 Å². The van der Waals surface area contributed by atoms with Gasteiger partial charge in [-0.3, -0.25) is 29.3 Å². The number of halogens is 2. The van der Waals surface area contributed by atoms with E-state index in [0.717, 1.165) is 0 Å². The number of benzene rings is 1. The lowest BCUT2D eigenvalue weighted by Gasteiger charge is -2.24. The first kappa shape index (κ1) is 26.4. The summed E-state index contributed by atoms with van der Waals surface area (Å²) >= 11 is 6.50. The van der Waals surface area contributed by atoms with E-state index in [-0.39, 0.29) is 23.8 Å². The van der Waals surface area contributed by atoms with Crippen LogP contribution < -0.4 is 14.9 Å². The highest BCUT2D eigenvalue weighted by Crippen LogP contribution is 2.44. The van der Waals surface area contributed by atoms with Gasteiger partial charge in [0.15, 0.2) is 5.75 Å². The molecule has 0 amide bonds. The fourth-order valence-corrected chi connectivity index (χ4v) is 5.19. The summed E-state index contributed by atoms with van der Waals surface area (Å²) in [5.41, 5.74) is 0.0786. The molecule has 0 bridgehead atoms. The number of nitrogens with one attached hydrogen (secondary N) is 2. The van der Waals surface area contributed by atoms with Crippen molar-refractivity contribution in [1.82, 2.24) is 10.2 Å². The molecule has 1 heterocycles. The molecule has 1 atom stereocenters. The second kappa shape index (κ2) is 12.4. The van der Waals surface area contributed by atoms with Gasteiger partial charge in [0.2, 0.25) is 0 Å². The van der Waals surface area contributed by atoms with Gasteiger partial charge in [0.05, 0.1) is 17.1 Å². The minimum atomic E-state index is -3.41. The first-order chi connectivity index (χ1) is 15.2. The van der Waals surface area contributed by atoms with Gasteiger partial charge in [-0.05, 0) is 24.6 Å². The molecule has 2 N–H and O–H groups in total. The van der Waals surface area contributed by atoms with Gasteiger partial charge in [0.1, 0.15) is 17.3 Å². The molecule has 1 aromatic carbocycles. The van der Waals surface area contributed by atoms with Gasteiger partial charge in [-0.2, -0.15) is 0 Å². The number of hydrogen-bond donors (Lipinski definition) is 2. The summed E-state index contributed by atoms with van der Waals surface area (Å²) in [4.78, 5) is 20.9. The molecule has 0 unspecified atom stereocenters. The zero-order valence-electron chi connectivity index (χ0n) is 16.9. The van der Waals surface area contributed by atoms with E-state index in [9.17, 15) is 24.8 Å². The van der Waals surface area contributed by atoms with E-state index in [1.165, 1.54) is 24.3 Å². The smallest absolute Gasteiger partial charge is 0.433 e. The number of furan rings is 1. The van der Waals surface area contributed by atoms with Crippen molar-refractivity contribution >= 4 is 51.1 Å². The third kappa shape index (κ3) is 7.64. The fourth-order valence-electron chi connectivity index (χ4n) is 2.54. The van der Waals surface area contributed by atoms with E-state index < -0.39 is 29.5 Å². The maximum Gasteiger partial charge on any atom is 0.433 e. The van der Waals surface area contributed by atoms with Crippen LogP contribution in [0.4, 0.5) is 11.6 Å². The van der Waals surface area contributed by atoms with E-state index in [1.807, 2.05) is 0 Å². The largest absolute Gasteiger partial charge is 0.479 e. The lowest BCUT2D eigenvalue weighted by atomic mass is 10.1. The predicted octanol–water partition coefficient (Wildman–Crippen LogP) is 4.83. The van der Waals surface area contributed by atoms with Crippen molar-refractivity contribution in [2.45, 2.75) is 19.6 Å². The van der Waals surface area contributed by atoms with Crippen LogP contribution in [0.5, 0.6) is 5.75 Å². The Morgan fingerprint density at radius 3 is 2.28 bits per heavy atom. The van der Waals surface area contributed by atoms with Gasteiger partial charge < -0.3 is 9.15 Å². The van der Waals surface area contributed by atoms with Gasteiger partial charge in [-0.15, -0.1) is 0 Å². The zero-order valence-corrected chi connectivity index (χ0v) is 20.9. The van der Waals surface area contributed by atoms with Crippen LogP contribution in [0.2, 0.25) is 0 Å². The van der Waals surface area contributed by atoms with Gasteiger partial charge in [0, 0.05) is 29.8 Å². The Balaban J connectivity index is 2.16. The molecule has 32 heavy (non-hydrogen) atoms. The number of ether oxygens (including phenoxy) is 1. The number of alkyl halides is 2. The number of hydrogen-bond acceptors (Lipinski definition) is 8. The van der Waals surface area contributed by atoms with Crippen LogP contribution in [-0.2, 0) is 15.7 Å². The van der Waals surface area contributed by atoms with Crippen molar-refractivity contribution in [3.8, 4) is 5.75 Å². The molecule has 0 aliphatic carbocycles. The van der Waals surface area contributed by atoms with Crippen molar-refractivity contribution in [3.05, 3.63) is 61.9 Å². The molecule has 0 fully saturated rings. The van der Waals surface area contributed by atoms with Gasteiger partial charge in [-0.25, -0.2) is 10.2 Å². The Kier molecular flexibility index (Phi) is 10.3.